The van der Waals surface area contributed by atoms with Crippen molar-refractivity contribution in [2.45, 2.75) is 33.1 Å². The lowest BCUT2D eigenvalue weighted by molar-refractivity contribution is 0.615. The average molecular weight is 265 g/mol. The van der Waals surface area contributed by atoms with Crippen molar-refractivity contribution < 1.29 is 4.42 Å². The van der Waals surface area contributed by atoms with Gasteiger partial charge in [-0.25, -0.2) is 0 Å². The van der Waals surface area contributed by atoms with Crippen molar-refractivity contribution >= 4 is 11.0 Å². The van der Waals surface area contributed by atoms with E-state index < -0.39 is 0 Å². The Morgan fingerprint density at radius 1 is 1.20 bits per heavy atom. The molecule has 0 bridgehead atoms. The molecule has 0 saturated heterocycles. The van der Waals surface area contributed by atoms with Crippen LogP contribution in [0.25, 0.3) is 22.2 Å². The lowest BCUT2D eigenvalue weighted by Gasteiger charge is -2.12. The quantitative estimate of drug-likeness (QED) is 0.640. The predicted molar refractivity (Wildman–Crippen MR) is 82.9 cm³/mol. The highest BCUT2D eigenvalue weighted by molar-refractivity contribution is 5.80. The van der Waals surface area contributed by atoms with E-state index in [4.69, 9.17) is 4.42 Å². The summed E-state index contributed by atoms with van der Waals surface area (Å²) < 4.78 is 5.47. The summed E-state index contributed by atoms with van der Waals surface area (Å²) in [6, 6.07) is 10.7. The number of aromatic nitrogens is 1. The normalized spacial score (nSPS) is 12.8. The van der Waals surface area contributed by atoms with Crippen molar-refractivity contribution in [3.8, 4) is 11.3 Å². The Hall–Kier alpha value is -2.09. The minimum absolute atomic E-state index is 0.570. The van der Waals surface area contributed by atoms with Crippen LogP contribution in [0.4, 0.5) is 0 Å². The molecule has 2 nitrogen and oxygen atoms in total. The standard InChI is InChI=1S/C18H19NO/c1-4-13(3)15-7-12(2)8-16(9-15)17-10-18-14(11-19-17)5-6-20-18/h5-11,13H,4H2,1-3H3. The predicted octanol–water partition coefficient (Wildman–Crippen LogP) is 5.32. The Morgan fingerprint density at radius 3 is 2.85 bits per heavy atom. The van der Waals surface area contributed by atoms with Gasteiger partial charge in [-0.3, -0.25) is 4.98 Å². The number of rotatable bonds is 3. The summed E-state index contributed by atoms with van der Waals surface area (Å²) in [5.74, 6) is 0.570. The van der Waals surface area contributed by atoms with E-state index in [0.29, 0.717) is 5.92 Å². The van der Waals surface area contributed by atoms with Gasteiger partial charge in [0.1, 0.15) is 5.58 Å². The van der Waals surface area contributed by atoms with Crippen LogP contribution < -0.4 is 0 Å². The van der Waals surface area contributed by atoms with E-state index in [1.54, 1.807) is 6.26 Å². The lowest BCUT2D eigenvalue weighted by atomic mass is 9.94. The molecule has 2 heteroatoms. The van der Waals surface area contributed by atoms with Crippen molar-refractivity contribution in [3.05, 3.63) is 53.9 Å². The van der Waals surface area contributed by atoms with Crippen LogP contribution in [-0.2, 0) is 0 Å². The molecular weight excluding hydrogens is 246 g/mol. The SMILES string of the molecule is CCC(C)c1cc(C)cc(-c2cc3occc3cn2)c1. The summed E-state index contributed by atoms with van der Waals surface area (Å²) in [6.07, 6.45) is 4.73. The molecule has 0 N–H and O–H groups in total. The van der Waals surface area contributed by atoms with Crippen molar-refractivity contribution in [3.63, 3.8) is 0 Å². The molecule has 0 saturated carbocycles. The van der Waals surface area contributed by atoms with Crippen LogP contribution in [0.1, 0.15) is 37.3 Å². The van der Waals surface area contributed by atoms with E-state index in [2.05, 4.69) is 44.0 Å². The Bertz CT molecular complexity index is 742. The summed E-state index contributed by atoms with van der Waals surface area (Å²) in [6.45, 7) is 6.63. The van der Waals surface area contributed by atoms with Gasteiger partial charge in [0.15, 0.2) is 0 Å². The zero-order valence-electron chi connectivity index (χ0n) is 12.2. The zero-order chi connectivity index (χ0) is 14.1. The molecule has 0 aliphatic rings. The Morgan fingerprint density at radius 2 is 2.05 bits per heavy atom. The molecule has 1 atom stereocenters. The minimum Gasteiger partial charge on any atom is -0.464 e. The van der Waals surface area contributed by atoms with E-state index in [0.717, 1.165) is 23.1 Å². The molecule has 3 aromatic rings. The summed E-state index contributed by atoms with van der Waals surface area (Å²) >= 11 is 0. The van der Waals surface area contributed by atoms with E-state index in [1.165, 1.54) is 16.7 Å². The minimum atomic E-state index is 0.570. The third-order valence-corrected chi connectivity index (χ3v) is 3.91. The fourth-order valence-electron chi connectivity index (χ4n) is 2.49. The van der Waals surface area contributed by atoms with Crippen LogP contribution >= 0.6 is 0 Å². The summed E-state index contributed by atoms with van der Waals surface area (Å²) in [5.41, 5.74) is 5.68. The second-order valence-electron chi connectivity index (χ2n) is 5.47. The molecule has 0 radical (unpaired) electrons. The van der Waals surface area contributed by atoms with Crippen molar-refractivity contribution in [2.75, 3.05) is 0 Å². The van der Waals surface area contributed by atoms with Crippen LogP contribution in [-0.4, -0.2) is 4.98 Å². The molecule has 0 fully saturated rings. The molecule has 0 aliphatic heterocycles. The molecule has 1 aromatic carbocycles. The third-order valence-electron chi connectivity index (χ3n) is 3.91. The van der Waals surface area contributed by atoms with Crippen molar-refractivity contribution in [1.29, 1.82) is 0 Å². The second-order valence-corrected chi connectivity index (χ2v) is 5.47. The smallest absolute Gasteiger partial charge is 0.137 e. The van der Waals surface area contributed by atoms with Gasteiger partial charge in [-0.1, -0.05) is 25.5 Å². The highest BCUT2D eigenvalue weighted by atomic mass is 16.3. The number of hydrogen-bond acceptors (Lipinski definition) is 2. The van der Waals surface area contributed by atoms with Gasteiger partial charge in [0.25, 0.3) is 0 Å². The molecule has 2 heterocycles. The van der Waals surface area contributed by atoms with Gasteiger partial charge in [0.2, 0.25) is 0 Å². The molecule has 1 unspecified atom stereocenters. The number of nitrogens with zero attached hydrogens (tertiary/aromatic N) is 1. The van der Waals surface area contributed by atoms with E-state index in [1.807, 2.05) is 18.3 Å². The van der Waals surface area contributed by atoms with Crippen LogP contribution in [0.3, 0.4) is 0 Å². The van der Waals surface area contributed by atoms with Crippen LogP contribution in [0.2, 0.25) is 0 Å². The maximum atomic E-state index is 5.47. The van der Waals surface area contributed by atoms with Gasteiger partial charge in [-0.05, 0) is 43.0 Å². The van der Waals surface area contributed by atoms with Crippen molar-refractivity contribution in [1.82, 2.24) is 4.98 Å². The third kappa shape index (κ3) is 2.34. The largest absolute Gasteiger partial charge is 0.464 e. The van der Waals surface area contributed by atoms with Crippen LogP contribution in [0.5, 0.6) is 0 Å². The van der Waals surface area contributed by atoms with Gasteiger partial charge < -0.3 is 4.42 Å². The summed E-state index contributed by atoms with van der Waals surface area (Å²) in [4.78, 5) is 4.56. The molecule has 3 rings (SSSR count). The molecule has 0 aliphatic carbocycles. The zero-order valence-corrected chi connectivity index (χ0v) is 12.2. The molecule has 0 amide bonds. The van der Waals surface area contributed by atoms with E-state index >= 15 is 0 Å². The average Bonchev–Trinajstić information content (AvgIpc) is 2.93. The fourth-order valence-corrected chi connectivity index (χ4v) is 2.49. The van der Waals surface area contributed by atoms with Gasteiger partial charge in [0, 0.05) is 23.2 Å². The Balaban J connectivity index is 2.10. The second kappa shape index (κ2) is 5.12. The Labute approximate surface area is 119 Å². The van der Waals surface area contributed by atoms with Crippen molar-refractivity contribution in [2.24, 2.45) is 0 Å². The van der Waals surface area contributed by atoms with E-state index in [9.17, 15) is 0 Å². The molecule has 20 heavy (non-hydrogen) atoms. The number of pyridine rings is 1. The number of benzene rings is 1. The van der Waals surface area contributed by atoms with E-state index in [-0.39, 0.29) is 0 Å². The number of hydrogen-bond donors (Lipinski definition) is 0. The first-order valence-electron chi connectivity index (χ1n) is 7.12. The monoisotopic (exact) mass is 265 g/mol. The van der Waals surface area contributed by atoms with Gasteiger partial charge in [-0.2, -0.15) is 0 Å². The molecular formula is C18H19NO. The first-order chi connectivity index (χ1) is 9.67. The summed E-state index contributed by atoms with van der Waals surface area (Å²) in [7, 11) is 0. The first kappa shape index (κ1) is 12.9. The maximum Gasteiger partial charge on any atom is 0.137 e. The van der Waals surface area contributed by atoms with Gasteiger partial charge >= 0.3 is 0 Å². The van der Waals surface area contributed by atoms with Gasteiger partial charge in [-0.15, -0.1) is 0 Å². The van der Waals surface area contributed by atoms with Gasteiger partial charge in [0.05, 0.1) is 12.0 Å². The maximum absolute atomic E-state index is 5.47. The first-order valence-corrected chi connectivity index (χ1v) is 7.12. The number of fused-ring (bicyclic) bond motifs is 1. The summed E-state index contributed by atoms with van der Waals surface area (Å²) in [5, 5.41) is 1.04. The highest BCUT2D eigenvalue weighted by Gasteiger charge is 2.08. The molecule has 2 aromatic heterocycles. The lowest BCUT2D eigenvalue weighted by Crippen LogP contribution is -1.94. The number of furan rings is 1. The highest BCUT2D eigenvalue weighted by Crippen LogP contribution is 2.28. The Kier molecular flexibility index (Phi) is 3.31. The molecule has 102 valence electrons. The van der Waals surface area contributed by atoms with Crippen LogP contribution in [0, 0.1) is 6.92 Å². The fraction of sp³-hybridized carbons (Fsp3) is 0.278. The molecule has 0 spiro atoms. The number of aryl methyl sites for hydroxylation is 1. The topological polar surface area (TPSA) is 26.0 Å². The van der Waals surface area contributed by atoms with Crippen LogP contribution in [0.15, 0.2) is 47.2 Å².